The molecule has 23 heavy (non-hydrogen) atoms. The van der Waals surface area contributed by atoms with Crippen LogP contribution in [0.3, 0.4) is 0 Å². The molecule has 0 saturated heterocycles. The number of hydrogen-bond acceptors (Lipinski definition) is 2. The predicted octanol–water partition coefficient (Wildman–Crippen LogP) is 6.84. The van der Waals surface area contributed by atoms with Crippen molar-refractivity contribution in [2.24, 2.45) is 0 Å². The van der Waals surface area contributed by atoms with E-state index in [0.717, 1.165) is 0 Å². The first-order valence-corrected chi connectivity index (χ1v) is 6.01. The van der Waals surface area contributed by atoms with Gasteiger partial charge < -0.3 is 9.84 Å². The molecular formula is C21H44O2. The lowest BCUT2D eigenvalue weighted by molar-refractivity contribution is 0.135. The highest BCUT2D eigenvalue weighted by Gasteiger charge is 1.67. The Hall–Kier alpha value is -2.42. The van der Waals surface area contributed by atoms with E-state index in [1.807, 2.05) is 0 Å². The molecule has 0 rings (SSSR count). The van der Waals surface area contributed by atoms with Crippen LogP contribution in [0.1, 0.15) is 0 Å². The fraction of sp³-hybridized carbons (Fsp3) is 0.143. The fourth-order valence-electron chi connectivity index (χ4n) is 0.0913. The van der Waals surface area contributed by atoms with Gasteiger partial charge in [-0.25, -0.2) is 0 Å². The minimum absolute atomic E-state index is 0.122. The summed E-state index contributed by atoms with van der Waals surface area (Å²) in [6.45, 7) is 54.6. The SMILES string of the molecule is C=C.C=C.C=C.C=C.C=C.C=C.C=C.C=C.C=C.COCCO. The molecule has 0 aromatic carbocycles. The smallest absolute Gasteiger partial charge is 0.0693 e. The second kappa shape index (κ2) is 20100. The van der Waals surface area contributed by atoms with Crippen molar-refractivity contribution in [3.63, 3.8) is 0 Å². The van der Waals surface area contributed by atoms with E-state index in [1.165, 1.54) is 0 Å². The Bertz CT molecular complexity index is 65.3. The first-order valence-electron chi connectivity index (χ1n) is 6.01. The van der Waals surface area contributed by atoms with Gasteiger partial charge in [0, 0.05) is 7.11 Å². The van der Waals surface area contributed by atoms with Gasteiger partial charge in [0.15, 0.2) is 0 Å². The van der Waals surface area contributed by atoms with Crippen molar-refractivity contribution in [3.05, 3.63) is 118 Å². The number of aliphatic hydroxyl groups excluding tert-OH is 1. The van der Waals surface area contributed by atoms with Crippen LogP contribution in [0.2, 0.25) is 0 Å². The van der Waals surface area contributed by atoms with Gasteiger partial charge in [0.25, 0.3) is 0 Å². The van der Waals surface area contributed by atoms with Crippen LogP contribution in [0, 0.1) is 0 Å². The Morgan fingerprint density at radius 2 is 0.609 bits per heavy atom. The largest absolute Gasteiger partial charge is 0.394 e. The van der Waals surface area contributed by atoms with Gasteiger partial charge in [-0.2, -0.15) is 0 Å². The monoisotopic (exact) mass is 328 g/mol. The molecule has 0 fully saturated rings. The quantitative estimate of drug-likeness (QED) is 0.562. The van der Waals surface area contributed by atoms with Crippen LogP contribution in [-0.4, -0.2) is 25.4 Å². The maximum atomic E-state index is 7.94. The van der Waals surface area contributed by atoms with Crippen LogP contribution in [-0.2, 0) is 4.74 Å². The van der Waals surface area contributed by atoms with Gasteiger partial charge in [0.05, 0.1) is 13.2 Å². The van der Waals surface area contributed by atoms with Crippen LogP contribution in [0.5, 0.6) is 0 Å². The number of methoxy groups -OCH3 is 1. The summed E-state index contributed by atoms with van der Waals surface area (Å²) >= 11 is 0. The maximum absolute atomic E-state index is 7.94. The summed E-state index contributed by atoms with van der Waals surface area (Å²) in [6.07, 6.45) is 0. The van der Waals surface area contributed by atoms with Crippen molar-refractivity contribution in [3.8, 4) is 0 Å². The zero-order chi connectivity index (χ0) is 22.1. The zero-order valence-electron chi connectivity index (χ0n) is 16.0. The molecule has 2 heteroatoms. The van der Waals surface area contributed by atoms with E-state index >= 15 is 0 Å². The molecule has 0 aliphatic heterocycles. The van der Waals surface area contributed by atoms with Crippen molar-refractivity contribution < 1.29 is 9.84 Å². The minimum atomic E-state index is 0.122. The second-order valence-corrected chi connectivity index (χ2v) is 0.716. The van der Waals surface area contributed by atoms with Crippen LogP contribution in [0.15, 0.2) is 118 Å². The maximum Gasteiger partial charge on any atom is 0.0693 e. The Kier molecular flexibility index (Phi) is 61600. The lowest BCUT2D eigenvalue weighted by atomic mass is 10.8. The first-order chi connectivity index (χ1) is 11.4. The van der Waals surface area contributed by atoms with Gasteiger partial charge in [-0.3, -0.25) is 0 Å². The summed E-state index contributed by atoms with van der Waals surface area (Å²) in [5.41, 5.74) is 0. The lowest BCUT2D eigenvalue weighted by Gasteiger charge is -1.84. The Balaban J connectivity index is -0.0000000106. The fourth-order valence-corrected chi connectivity index (χ4v) is 0.0913. The van der Waals surface area contributed by atoms with Gasteiger partial charge in [-0.15, -0.1) is 118 Å². The average Bonchev–Trinajstić information content (AvgIpc) is 2.76. The number of rotatable bonds is 2. The van der Waals surface area contributed by atoms with Gasteiger partial charge in [0.2, 0.25) is 0 Å². The second-order valence-electron chi connectivity index (χ2n) is 0.716. The third-order valence-electron chi connectivity index (χ3n) is 0.295. The Morgan fingerprint density at radius 1 is 0.478 bits per heavy atom. The molecule has 0 atom stereocenters. The molecule has 0 bridgehead atoms. The predicted molar refractivity (Wildman–Crippen MR) is 120 cm³/mol. The lowest BCUT2D eigenvalue weighted by Crippen LogP contribution is -1.91. The van der Waals surface area contributed by atoms with Crippen molar-refractivity contribution in [2.75, 3.05) is 20.3 Å². The normalized spacial score (nSPS) is 3.39. The van der Waals surface area contributed by atoms with E-state index in [4.69, 9.17) is 5.11 Å². The Morgan fingerprint density at radius 3 is 0.609 bits per heavy atom. The van der Waals surface area contributed by atoms with E-state index in [0.29, 0.717) is 6.61 Å². The molecule has 2 nitrogen and oxygen atoms in total. The van der Waals surface area contributed by atoms with E-state index in [2.05, 4.69) is 123 Å². The summed E-state index contributed by atoms with van der Waals surface area (Å²) in [5, 5.41) is 7.94. The van der Waals surface area contributed by atoms with E-state index in [-0.39, 0.29) is 6.61 Å². The molecule has 0 radical (unpaired) electrons. The van der Waals surface area contributed by atoms with Crippen LogP contribution in [0.25, 0.3) is 0 Å². The van der Waals surface area contributed by atoms with Crippen LogP contribution < -0.4 is 0 Å². The van der Waals surface area contributed by atoms with Gasteiger partial charge in [0.1, 0.15) is 0 Å². The molecule has 0 aromatic heterocycles. The summed E-state index contributed by atoms with van der Waals surface area (Å²) < 4.78 is 4.44. The van der Waals surface area contributed by atoms with Crippen molar-refractivity contribution in [1.82, 2.24) is 0 Å². The van der Waals surface area contributed by atoms with E-state index in [9.17, 15) is 0 Å². The molecule has 1 N–H and O–H groups in total. The molecular weight excluding hydrogens is 284 g/mol. The first kappa shape index (κ1) is 70.5. The number of ether oxygens (including phenoxy) is 1. The third kappa shape index (κ3) is 34300. The number of aliphatic hydroxyl groups is 1. The van der Waals surface area contributed by atoms with Gasteiger partial charge in [-0.1, -0.05) is 0 Å². The zero-order valence-corrected chi connectivity index (χ0v) is 16.0. The molecule has 0 saturated carbocycles. The van der Waals surface area contributed by atoms with Gasteiger partial charge in [-0.05, 0) is 0 Å². The van der Waals surface area contributed by atoms with Crippen molar-refractivity contribution >= 4 is 0 Å². The van der Waals surface area contributed by atoms with Crippen LogP contribution >= 0.6 is 0 Å². The molecule has 0 heterocycles. The third-order valence-corrected chi connectivity index (χ3v) is 0.295. The molecule has 0 amide bonds. The molecule has 0 aliphatic carbocycles. The molecule has 0 aliphatic rings. The van der Waals surface area contributed by atoms with Crippen LogP contribution in [0.4, 0.5) is 0 Å². The molecule has 0 unspecified atom stereocenters. The highest BCUT2D eigenvalue weighted by Crippen LogP contribution is 1.56. The Labute approximate surface area is 149 Å². The van der Waals surface area contributed by atoms with Gasteiger partial charge >= 0.3 is 0 Å². The van der Waals surface area contributed by atoms with E-state index < -0.39 is 0 Å². The van der Waals surface area contributed by atoms with E-state index in [1.54, 1.807) is 7.11 Å². The summed E-state index contributed by atoms with van der Waals surface area (Å²) in [7, 11) is 1.55. The number of hydrogen-bond donors (Lipinski definition) is 1. The average molecular weight is 329 g/mol. The molecule has 0 spiro atoms. The summed E-state index contributed by atoms with van der Waals surface area (Å²) in [6, 6.07) is 0. The highest BCUT2D eigenvalue weighted by molar-refractivity contribution is 4.24. The minimum Gasteiger partial charge on any atom is -0.394 e. The highest BCUT2D eigenvalue weighted by atomic mass is 16.5. The molecule has 0 aromatic rings. The van der Waals surface area contributed by atoms with Crippen molar-refractivity contribution in [1.29, 1.82) is 0 Å². The summed E-state index contributed by atoms with van der Waals surface area (Å²) in [4.78, 5) is 0. The standard InChI is InChI=1S/C3H8O2.9C2H4/c1-5-3-2-4;9*1-2/h4H,2-3H2,1H3;9*1-2H2. The van der Waals surface area contributed by atoms with Crippen molar-refractivity contribution in [2.45, 2.75) is 0 Å². The summed E-state index contributed by atoms with van der Waals surface area (Å²) in [5.74, 6) is 0. The topological polar surface area (TPSA) is 29.5 Å². The molecule has 140 valence electrons.